The highest BCUT2D eigenvalue weighted by Crippen LogP contribution is 2.36. The Hall–Kier alpha value is -0.840. The molecule has 0 aromatic carbocycles. The fraction of sp³-hybridized carbons (Fsp3) is 0.636. The molecule has 4 nitrogen and oxygen atoms in total. The maximum Gasteiger partial charge on any atom is 0.309 e. The van der Waals surface area contributed by atoms with Crippen LogP contribution in [0.15, 0.2) is 4.47 Å². The first kappa shape index (κ1) is 11.6. The van der Waals surface area contributed by atoms with Crippen LogP contribution in [-0.2, 0) is 11.2 Å². The van der Waals surface area contributed by atoms with Crippen LogP contribution in [0.25, 0.3) is 0 Å². The molecule has 0 atom stereocenters. The first-order valence-electron chi connectivity index (χ1n) is 5.63. The number of aromatic amines is 1. The highest BCUT2D eigenvalue weighted by Gasteiger charge is 2.22. The summed E-state index contributed by atoms with van der Waals surface area (Å²) in [6.07, 6.45) is 6.13. The van der Waals surface area contributed by atoms with Crippen molar-refractivity contribution in [3.8, 4) is 0 Å². The summed E-state index contributed by atoms with van der Waals surface area (Å²) >= 11 is 3.46. The van der Waals surface area contributed by atoms with E-state index in [-0.39, 0.29) is 6.42 Å². The smallest absolute Gasteiger partial charge is 0.309 e. The van der Waals surface area contributed by atoms with Gasteiger partial charge in [0.05, 0.1) is 22.3 Å². The lowest BCUT2D eigenvalue weighted by Crippen LogP contribution is -2.05. The zero-order chi connectivity index (χ0) is 11.5. The largest absolute Gasteiger partial charge is 0.481 e. The van der Waals surface area contributed by atoms with Crippen molar-refractivity contribution in [2.75, 3.05) is 0 Å². The number of nitrogens with one attached hydrogen (secondary N) is 1. The van der Waals surface area contributed by atoms with Gasteiger partial charge in [0, 0.05) is 5.92 Å². The van der Waals surface area contributed by atoms with Gasteiger partial charge < -0.3 is 5.11 Å². The van der Waals surface area contributed by atoms with E-state index < -0.39 is 5.97 Å². The Morgan fingerprint density at radius 1 is 1.44 bits per heavy atom. The normalized spacial score (nSPS) is 17.6. The van der Waals surface area contributed by atoms with Crippen LogP contribution in [0.5, 0.6) is 0 Å². The van der Waals surface area contributed by atoms with E-state index in [1.807, 2.05) is 0 Å². The number of carbonyl (C=O) groups is 1. The lowest BCUT2D eigenvalue weighted by atomic mass is 9.87. The molecule has 1 heterocycles. The van der Waals surface area contributed by atoms with Crippen molar-refractivity contribution in [1.82, 2.24) is 10.2 Å². The number of hydrogen-bond acceptors (Lipinski definition) is 2. The lowest BCUT2D eigenvalue weighted by Gasteiger charge is -2.19. The first-order valence-corrected chi connectivity index (χ1v) is 6.42. The number of aliphatic carboxylic acids is 1. The molecule has 1 aliphatic rings. The summed E-state index contributed by atoms with van der Waals surface area (Å²) in [6, 6.07) is 0. The van der Waals surface area contributed by atoms with E-state index in [1.54, 1.807) is 0 Å². The van der Waals surface area contributed by atoms with E-state index in [0.717, 1.165) is 23.0 Å². The molecule has 16 heavy (non-hydrogen) atoms. The van der Waals surface area contributed by atoms with Crippen LogP contribution in [0, 0.1) is 0 Å². The Morgan fingerprint density at radius 3 is 2.75 bits per heavy atom. The predicted molar refractivity (Wildman–Crippen MR) is 63.5 cm³/mol. The molecule has 1 fully saturated rings. The van der Waals surface area contributed by atoms with Gasteiger partial charge in [0.1, 0.15) is 0 Å². The topological polar surface area (TPSA) is 66.0 Å². The molecule has 2 N–H and O–H groups in total. The quantitative estimate of drug-likeness (QED) is 0.898. The summed E-state index contributed by atoms with van der Waals surface area (Å²) in [5, 5.41) is 15.8. The minimum absolute atomic E-state index is 0.000301. The van der Waals surface area contributed by atoms with Gasteiger partial charge in [-0.15, -0.1) is 0 Å². The molecule has 1 aromatic rings. The van der Waals surface area contributed by atoms with Crippen molar-refractivity contribution >= 4 is 21.9 Å². The Labute approximate surface area is 103 Å². The van der Waals surface area contributed by atoms with Gasteiger partial charge in [0.15, 0.2) is 0 Å². The number of rotatable bonds is 3. The molecule has 0 unspecified atom stereocenters. The molecule has 0 amide bonds. The van der Waals surface area contributed by atoms with E-state index in [1.165, 1.54) is 19.3 Å². The van der Waals surface area contributed by atoms with Crippen molar-refractivity contribution in [2.24, 2.45) is 0 Å². The summed E-state index contributed by atoms with van der Waals surface area (Å²) < 4.78 is 0.863. The van der Waals surface area contributed by atoms with E-state index in [4.69, 9.17) is 5.11 Å². The molecule has 0 radical (unpaired) electrons. The number of H-pyrrole nitrogens is 1. The Bertz CT molecular complexity index is 383. The van der Waals surface area contributed by atoms with Crippen LogP contribution in [0.4, 0.5) is 0 Å². The number of halogens is 1. The molecular formula is C11H15BrN2O2. The monoisotopic (exact) mass is 286 g/mol. The molecule has 2 rings (SSSR count). The molecule has 0 saturated heterocycles. The van der Waals surface area contributed by atoms with Crippen molar-refractivity contribution in [2.45, 2.75) is 44.4 Å². The standard InChI is InChI=1S/C11H15BrN2O2/c12-10-8(6-9(15)16)13-14-11(10)7-4-2-1-3-5-7/h7H,1-6H2,(H,13,14)(H,15,16). The molecule has 5 heteroatoms. The van der Waals surface area contributed by atoms with Gasteiger partial charge >= 0.3 is 5.97 Å². The number of nitrogens with zero attached hydrogens (tertiary/aromatic N) is 1. The molecular weight excluding hydrogens is 272 g/mol. The molecule has 1 saturated carbocycles. The number of aromatic nitrogens is 2. The Balaban J connectivity index is 2.15. The van der Waals surface area contributed by atoms with Gasteiger partial charge in [-0.1, -0.05) is 19.3 Å². The van der Waals surface area contributed by atoms with Crippen molar-refractivity contribution in [3.63, 3.8) is 0 Å². The minimum Gasteiger partial charge on any atom is -0.481 e. The van der Waals surface area contributed by atoms with E-state index in [0.29, 0.717) is 11.6 Å². The highest BCUT2D eigenvalue weighted by atomic mass is 79.9. The van der Waals surface area contributed by atoms with Crippen molar-refractivity contribution in [3.05, 3.63) is 15.9 Å². The zero-order valence-corrected chi connectivity index (χ0v) is 10.6. The second-order valence-corrected chi connectivity index (χ2v) is 5.10. The number of carboxylic acids is 1. The van der Waals surface area contributed by atoms with Gasteiger partial charge in [-0.25, -0.2) is 0 Å². The van der Waals surface area contributed by atoms with Gasteiger partial charge in [-0.2, -0.15) is 5.10 Å². The first-order chi connectivity index (χ1) is 7.68. The maximum absolute atomic E-state index is 10.6. The van der Waals surface area contributed by atoms with Gasteiger partial charge in [-0.3, -0.25) is 9.89 Å². The zero-order valence-electron chi connectivity index (χ0n) is 9.00. The Morgan fingerprint density at radius 2 is 2.12 bits per heavy atom. The van der Waals surface area contributed by atoms with E-state index in [2.05, 4.69) is 26.1 Å². The average Bonchev–Trinajstić information content (AvgIpc) is 2.61. The van der Waals surface area contributed by atoms with Crippen LogP contribution in [0.2, 0.25) is 0 Å². The summed E-state index contributed by atoms with van der Waals surface area (Å²) in [5.41, 5.74) is 1.68. The third-order valence-electron chi connectivity index (χ3n) is 3.12. The van der Waals surface area contributed by atoms with Gasteiger partial charge in [-0.05, 0) is 28.8 Å². The fourth-order valence-electron chi connectivity index (χ4n) is 2.30. The third kappa shape index (κ3) is 2.45. The average molecular weight is 287 g/mol. The second-order valence-electron chi connectivity index (χ2n) is 4.31. The SMILES string of the molecule is O=C(O)Cc1[nH]nc(C2CCCCC2)c1Br. The second kappa shape index (κ2) is 4.99. The summed E-state index contributed by atoms with van der Waals surface area (Å²) in [4.78, 5) is 10.6. The van der Waals surface area contributed by atoms with Gasteiger partial charge in [0.2, 0.25) is 0 Å². The fourth-order valence-corrected chi connectivity index (χ4v) is 2.94. The van der Waals surface area contributed by atoms with Crippen molar-refractivity contribution in [1.29, 1.82) is 0 Å². The molecule has 88 valence electrons. The third-order valence-corrected chi connectivity index (χ3v) is 4.01. The van der Waals surface area contributed by atoms with E-state index >= 15 is 0 Å². The maximum atomic E-state index is 10.6. The molecule has 0 spiro atoms. The summed E-state index contributed by atoms with van der Waals surface area (Å²) in [5.74, 6) is -0.346. The van der Waals surface area contributed by atoms with Crippen LogP contribution >= 0.6 is 15.9 Å². The predicted octanol–water partition coefficient (Wildman–Crippen LogP) is 2.85. The highest BCUT2D eigenvalue weighted by molar-refractivity contribution is 9.10. The molecule has 1 aromatic heterocycles. The summed E-state index contributed by atoms with van der Waals surface area (Å²) in [6.45, 7) is 0. The van der Waals surface area contributed by atoms with Crippen LogP contribution in [0.3, 0.4) is 0 Å². The van der Waals surface area contributed by atoms with Crippen molar-refractivity contribution < 1.29 is 9.90 Å². The number of carboxylic acid groups (broad SMARTS) is 1. The van der Waals surface area contributed by atoms with Gasteiger partial charge in [0.25, 0.3) is 0 Å². The lowest BCUT2D eigenvalue weighted by molar-refractivity contribution is -0.136. The number of hydrogen-bond donors (Lipinski definition) is 2. The molecule has 0 bridgehead atoms. The minimum atomic E-state index is -0.834. The van der Waals surface area contributed by atoms with Crippen LogP contribution < -0.4 is 0 Å². The van der Waals surface area contributed by atoms with E-state index in [9.17, 15) is 4.79 Å². The summed E-state index contributed by atoms with van der Waals surface area (Å²) in [7, 11) is 0. The molecule has 1 aliphatic carbocycles. The molecule has 0 aliphatic heterocycles. The van der Waals surface area contributed by atoms with Crippen LogP contribution in [0.1, 0.15) is 49.4 Å². The van der Waals surface area contributed by atoms with Crippen LogP contribution in [-0.4, -0.2) is 21.3 Å². The Kier molecular flexibility index (Phi) is 3.63.